The van der Waals surface area contributed by atoms with Gasteiger partial charge < -0.3 is 4.74 Å². The van der Waals surface area contributed by atoms with Gasteiger partial charge in [-0.25, -0.2) is 9.67 Å². The van der Waals surface area contributed by atoms with Gasteiger partial charge in [0.15, 0.2) is 5.82 Å². The van der Waals surface area contributed by atoms with Crippen LogP contribution in [0.15, 0.2) is 22.8 Å². The second-order valence-corrected chi connectivity index (χ2v) is 5.39. The smallest absolute Gasteiger partial charge is 0.305 e. The van der Waals surface area contributed by atoms with Crippen molar-refractivity contribution in [1.82, 2.24) is 14.8 Å². The van der Waals surface area contributed by atoms with Crippen molar-refractivity contribution in [2.75, 3.05) is 7.11 Å². The molecule has 0 aromatic carbocycles. The van der Waals surface area contributed by atoms with Crippen LogP contribution in [0.1, 0.15) is 23.4 Å². The number of carbonyl (C=O) groups excluding carboxylic acids is 1. The van der Waals surface area contributed by atoms with E-state index in [2.05, 4.69) is 30.7 Å². The molecule has 0 fully saturated rings. The van der Waals surface area contributed by atoms with E-state index in [4.69, 9.17) is 0 Å². The molecule has 0 aliphatic rings. The molecule has 5 nitrogen and oxygen atoms in total. The summed E-state index contributed by atoms with van der Waals surface area (Å²) in [5.41, 5.74) is 2.98. The van der Waals surface area contributed by atoms with Gasteiger partial charge in [0, 0.05) is 22.8 Å². The number of halogens is 1. The molecule has 0 spiro atoms. The van der Waals surface area contributed by atoms with E-state index in [9.17, 15) is 4.79 Å². The fraction of sp³-hybridized carbons (Fsp3) is 0.357. The van der Waals surface area contributed by atoms with Crippen molar-refractivity contribution >= 4 is 21.9 Å². The molecule has 0 saturated heterocycles. The number of carbonyl (C=O) groups is 1. The number of methoxy groups -OCH3 is 1. The number of aryl methyl sites for hydroxylation is 1. The quantitative estimate of drug-likeness (QED) is 0.805. The van der Waals surface area contributed by atoms with E-state index in [1.54, 1.807) is 10.9 Å². The van der Waals surface area contributed by atoms with Gasteiger partial charge >= 0.3 is 5.97 Å². The third-order valence-corrected chi connectivity index (χ3v) is 3.65. The topological polar surface area (TPSA) is 57.0 Å². The van der Waals surface area contributed by atoms with E-state index in [0.29, 0.717) is 12.8 Å². The van der Waals surface area contributed by atoms with Gasteiger partial charge in [0.2, 0.25) is 0 Å². The first-order chi connectivity index (χ1) is 9.52. The summed E-state index contributed by atoms with van der Waals surface area (Å²) in [5, 5.41) is 4.50. The molecule has 0 aliphatic heterocycles. The average molecular weight is 338 g/mol. The summed E-state index contributed by atoms with van der Waals surface area (Å²) >= 11 is 3.36. The highest BCUT2D eigenvalue weighted by Crippen LogP contribution is 2.19. The number of hydrogen-bond acceptors (Lipinski definition) is 4. The SMILES string of the molecule is COC(=O)CCc1c(C)nn(-c2ccc(Br)cn2)c1C. The third kappa shape index (κ3) is 3.07. The van der Waals surface area contributed by atoms with Crippen LogP contribution in [0, 0.1) is 13.8 Å². The number of esters is 1. The van der Waals surface area contributed by atoms with Gasteiger partial charge in [-0.2, -0.15) is 5.10 Å². The maximum Gasteiger partial charge on any atom is 0.305 e. The number of aromatic nitrogens is 3. The summed E-state index contributed by atoms with van der Waals surface area (Å²) < 4.78 is 7.40. The highest BCUT2D eigenvalue weighted by molar-refractivity contribution is 9.10. The molecule has 0 unspecified atom stereocenters. The van der Waals surface area contributed by atoms with Crippen LogP contribution < -0.4 is 0 Å². The summed E-state index contributed by atoms with van der Waals surface area (Å²) in [6, 6.07) is 3.82. The van der Waals surface area contributed by atoms with Crippen LogP contribution in [-0.2, 0) is 16.0 Å². The Bertz CT molecular complexity index is 620. The van der Waals surface area contributed by atoms with E-state index in [0.717, 1.165) is 27.2 Å². The number of pyridine rings is 1. The largest absolute Gasteiger partial charge is 0.469 e. The second kappa shape index (κ2) is 6.17. The summed E-state index contributed by atoms with van der Waals surface area (Å²) in [7, 11) is 1.40. The lowest BCUT2D eigenvalue weighted by atomic mass is 10.1. The molecule has 0 aliphatic carbocycles. The molecule has 2 rings (SSSR count). The molecule has 2 aromatic heterocycles. The van der Waals surface area contributed by atoms with Gasteiger partial charge in [-0.05, 0) is 53.9 Å². The molecule has 20 heavy (non-hydrogen) atoms. The van der Waals surface area contributed by atoms with Gasteiger partial charge in [0.05, 0.1) is 12.8 Å². The molecule has 0 amide bonds. The highest BCUT2D eigenvalue weighted by atomic mass is 79.9. The Labute approximate surface area is 126 Å². The van der Waals surface area contributed by atoms with Crippen molar-refractivity contribution < 1.29 is 9.53 Å². The van der Waals surface area contributed by atoms with Crippen LogP contribution in [0.3, 0.4) is 0 Å². The Morgan fingerprint density at radius 3 is 2.75 bits per heavy atom. The van der Waals surface area contributed by atoms with Gasteiger partial charge in [-0.3, -0.25) is 4.79 Å². The minimum absolute atomic E-state index is 0.210. The van der Waals surface area contributed by atoms with Crippen molar-refractivity contribution in [3.8, 4) is 5.82 Å². The fourth-order valence-corrected chi connectivity index (χ4v) is 2.32. The first-order valence-electron chi connectivity index (χ1n) is 6.26. The second-order valence-electron chi connectivity index (χ2n) is 4.47. The molecule has 2 aromatic rings. The monoisotopic (exact) mass is 337 g/mol. The van der Waals surface area contributed by atoms with Crippen molar-refractivity contribution in [3.63, 3.8) is 0 Å². The first-order valence-corrected chi connectivity index (χ1v) is 7.06. The Morgan fingerprint density at radius 1 is 1.40 bits per heavy atom. The lowest BCUT2D eigenvalue weighted by molar-refractivity contribution is -0.140. The van der Waals surface area contributed by atoms with Crippen molar-refractivity contribution in [2.24, 2.45) is 0 Å². The molecule has 6 heteroatoms. The Morgan fingerprint density at radius 2 is 2.15 bits per heavy atom. The summed E-state index contributed by atoms with van der Waals surface area (Å²) in [6.07, 6.45) is 2.72. The van der Waals surface area contributed by atoms with Crippen LogP contribution >= 0.6 is 15.9 Å². The molecular weight excluding hydrogens is 322 g/mol. The van der Waals surface area contributed by atoms with Gasteiger partial charge in [0.1, 0.15) is 0 Å². The standard InChI is InChI=1S/C14H16BrN3O2/c1-9-12(5-7-14(19)20-3)10(2)18(17-9)13-6-4-11(15)8-16-13/h4,6,8H,5,7H2,1-3H3. The Kier molecular flexibility index (Phi) is 4.54. The van der Waals surface area contributed by atoms with Gasteiger partial charge in [-0.15, -0.1) is 0 Å². The summed E-state index contributed by atoms with van der Waals surface area (Å²) in [6.45, 7) is 3.92. The minimum Gasteiger partial charge on any atom is -0.469 e. The van der Waals surface area contributed by atoms with Crippen molar-refractivity contribution in [2.45, 2.75) is 26.7 Å². The van der Waals surface area contributed by atoms with E-state index >= 15 is 0 Å². The summed E-state index contributed by atoms with van der Waals surface area (Å²) in [5.74, 6) is 0.552. The molecular formula is C14H16BrN3O2. The first kappa shape index (κ1) is 14.7. The van der Waals surface area contributed by atoms with E-state index in [1.807, 2.05) is 26.0 Å². The summed E-state index contributed by atoms with van der Waals surface area (Å²) in [4.78, 5) is 15.6. The van der Waals surface area contributed by atoms with Crippen LogP contribution in [0.25, 0.3) is 5.82 Å². The average Bonchev–Trinajstić information content (AvgIpc) is 2.72. The minimum atomic E-state index is -0.210. The molecule has 0 saturated carbocycles. The number of hydrogen-bond donors (Lipinski definition) is 0. The normalized spacial score (nSPS) is 10.6. The number of rotatable bonds is 4. The zero-order valence-electron chi connectivity index (χ0n) is 11.7. The van der Waals surface area contributed by atoms with Crippen LogP contribution in [0.4, 0.5) is 0 Å². The zero-order valence-corrected chi connectivity index (χ0v) is 13.3. The van der Waals surface area contributed by atoms with E-state index in [1.165, 1.54) is 7.11 Å². The van der Waals surface area contributed by atoms with Crippen LogP contribution in [0.5, 0.6) is 0 Å². The van der Waals surface area contributed by atoms with Crippen molar-refractivity contribution in [1.29, 1.82) is 0 Å². The van der Waals surface area contributed by atoms with Crippen LogP contribution in [0.2, 0.25) is 0 Å². The molecule has 2 heterocycles. The number of ether oxygens (including phenoxy) is 1. The molecule has 106 valence electrons. The highest BCUT2D eigenvalue weighted by Gasteiger charge is 2.14. The Hall–Kier alpha value is -1.69. The van der Waals surface area contributed by atoms with E-state index in [-0.39, 0.29) is 5.97 Å². The molecule has 0 atom stereocenters. The van der Waals surface area contributed by atoms with E-state index < -0.39 is 0 Å². The molecule has 0 bridgehead atoms. The fourth-order valence-electron chi connectivity index (χ4n) is 2.08. The van der Waals surface area contributed by atoms with Crippen LogP contribution in [-0.4, -0.2) is 27.8 Å². The molecule has 0 N–H and O–H groups in total. The lowest BCUT2D eigenvalue weighted by Crippen LogP contribution is -2.04. The van der Waals surface area contributed by atoms with Crippen molar-refractivity contribution in [3.05, 3.63) is 39.8 Å². The predicted octanol–water partition coefficient (Wildman–Crippen LogP) is 2.75. The predicted molar refractivity (Wildman–Crippen MR) is 78.9 cm³/mol. The van der Waals surface area contributed by atoms with Gasteiger partial charge in [-0.1, -0.05) is 0 Å². The maximum absolute atomic E-state index is 11.3. The maximum atomic E-state index is 11.3. The van der Waals surface area contributed by atoms with Gasteiger partial charge in [0.25, 0.3) is 0 Å². The number of nitrogens with zero attached hydrogens (tertiary/aromatic N) is 3. The Balaban J connectivity index is 2.28. The molecule has 0 radical (unpaired) electrons. The lowest BCUT2D eigenvalue weighted by Gasteiger charge is -2.04. The third-order valence-electron chi connectivity index (χ3n) is 3.18. The zero-order chi connectivity index (χ0) is 14.7.